The summed E-state index contributed by atoms with van der Waals surface area (Å²) in [5.74, 6) is -0.320. The maximum atomic E-state index is 13.1. The second kappa shape index (κ2) is 7.42. The monoisotopic (exact) mass is 393 g/mol. The van der Waals surface area contributed by atoms with Gasteiger partial charge in [0.1, 0.15) is 5.82 Å². The van der Waals surface area contributed by atoms with E-state index in [1.807, 2.05) is 13.0 Å². The van der Waals surface area contributed by atoms with E-state index in [0.29, 0.717) is 9.64 Å². The summed E-state index contributed by atoms with van der Waals surface area (Å²) in [7, 11) is 0. The van der Waals surface area contributed by atoms with Gasteiger partial charge in [0.2, 0.25) is 0 Å². The summed E-state index contributed by atoms with van der Waals surface area (Å²) in [5.41, 5.74) is 1.60. The van der Waals surface area contributed by atoms with E-state index in [9.17, 15) is 14.5 Å². The molecule has 0 unspecified atom stereocenters. The van der Waals surface area contributed by atoms with Gasteiger partial charge in [0, 0.05) is 17.4 Å². The molecule has 0 aliphatic heterocycles. The van der Waals surface area contributed by atoms with Crippen molar-refractivity contribution < 1.29 is 9.31 Å². The number of nitrogens with zero attached hydrogens (tertiary/aromatic N) is 3. The molecule has 0 bridgehead atoms. The van der Waals surface area contributed by atoms with Crippen LogP contribution in [-0.4, -0.2) is 14.7 Å². The molecule has 128 valence electrons. The second-order valence-corrected chi connectivity index (χ2v) is 8.34. The Morgan fingerprint density at radius 3 is 2.72 bits per heavy atom. The van der Waals surface area contributed by atoms with Crippen molar-refractivity contribution in [1.82, 2.24) is 9.78 Å². The van der Waals surface area contributed by atoms with Crippen LogP contribution in [0.2, 0.25) is 0 Å². The molecule has 0 saturated carbocycles. The van der Waals surface area contributed by atoms with Crippen LogP contribution in [0.4, 0.5) is 10.1 Å². The van der Waals surface area contributed by atoms with Crippen LogP contribution in [0.1, 0.15) is 17.7 Å². The Morgan fingerprint density at radius 2 is 2.04 bits per heavy atom. The number of thioether (sulfide) groups is 1. The molecule has 1 aromatic heterocycles. The Bertz CT molecular complexity index is 969. The maximum Gasteiger partial charge on any atom is 0.269 e. The van der Waals surface area contributed by atoms with Crippen molar-refractivity contribution in [2.45, 2.75) is 16.5 Å². The molecule has 2 aromatic carbocycles. The predicted molar refractivity (Wildman–Crippen MR) is 99.6 cm³/mol. The molecule has 1 heterocycles. The topological polar surface area (TPSA) is 61.0 Å². The molecule has 1 atom stereocenters. The highest BCUT2D eigenvalue weighted by Crippen LogP contribution is 2.37. The lowest BCUT2D eigenvalue weighted by Crippen LogP contribution is -1.97. The minimum absolute atomic E-state index is 0.0258. The zero-order valence-electron chi connectivity index (χ0n) is 13.0. The molecule has 0 saturated heterocycles. The van der Waals surface area contributed by atoms with E-state index in [-0.39, 0.29) is 16.8 Å². The average molecular weight is 393 g/mol. The molecule has 0 spiro atoms. The van der Waals surface area contributed by atoms with Gasteiger partial charge in [0.25, 0.3) is 5.69 Å². The lowest BCUT2D eigenvalue weighted by molar-refractivity contribution is -0.384. The van der Waals surface area contributed by atoms with Crippen molar-refractivity contribution in [3.63, 3.8) is 0 Å². The lowest BCUT2D eigenvalue weighted by atomic mass is 10.1. The van der Waals surface area contributed by atoms with Crippen LogP contribution in [0.5, 0.6) is 0 Å². The second-order valence-electron chi connectivity index (χ2n) is 5.13. The molecule has 0 fully saturated rings. The van der Waals surface area contributed by atoms with Gasteiger partial charge < -0.3 is 0 Å². The molecule has 9 heteroatoms. The Kier molecular flexibility index (Phi) is 5.26. The number of non-ortho nitro benzene ring substituents is 1. The lowest BCUT2D eigenvalue weighted by Gasteiger charge is -2.08. The summed E-state index contributed by atoms with van der Waals surface area (Å²) >= 11 is 8.16. The van der Waals surface area contributed by atoms with Gasteiger partial charge in [0.05, 0.1) is 10.6 Å². The fraction of sp³-hybridized carbons (Fsp3) is 0.125. The maximum absolute atomic E-state index is 13.1. The Hall–Kier alpha value is -2.10. The number of rotatable bonds is 5. The van der Waals surface area contributed by atoms with E-state index in [0.717, 1.165) is 9.90 Å². The summed E-state index contributed by atoms with van der Waals surface area (Å²) < 4.78 is 15.9. The number of nitro groups is 1. The van der Waals surface area contributed by atoms with E-state index >= 15 is 0 Å². The largest absolute Gasteiger partial charge is 0.269 e. The number of aromatic nitrogens is 2. The van der Waals surface area contributed by atoms with Crippen LogP contribution in [0, 0.1) is 19.9 Å². The normalized spacial score (nSPS) is 12.1. The molecule has 0 aliphatic rings. The molecule has 0 radical (unpaired) electrons. The summed E-state index contributed by atoms with van der Waals surface area (Å²) in [6.45, 7) is 1.95. The van der Waals surface area contributed by atoms with Crippen molar-refractivity contribution in [1.29, 1.82) is 0 Å². The van der Waals surface area contributed by atoms with Gasteiger partial charge >= 0.3 is 0 Å². The average Bonchev–Trinajstić information content (AvgIpc) is 2.96. The van der Waals surface area contributed by atoms with E-state index in [4.69, 9.17) is 12.2 Å². The third-order valence-electron chi connectivity index (χ3n) is 3.43. The molecule has 3 aromatic rings. The van der Waals surface area contributed by atoms with Gasteiger partial charge in [-0.05, 0) is 49.0 Å². The first kappa shape index (κ1) is 17.7. The fourth-order valence-electron chi connectivity index (χ4n) is 2.16. The van der Waals surface area contributed by atoms with Crippen LogP contribution in [0.15, 0.2) is 52.9 Å². The van der Waals surface area contributed by atoms with Gasteiger partial charge in [-0.3, -0.25) is 10.1 Å². The van der Waals surface area contributed by atoms with Gasteiger partial charge in [0.15, 0.2) is 8.29 Å². The predicted octanol–water partition coefficient (Wildman–Crippen LogP) is 5.56. The molecule has 0 amide bonds. The first-order chi connectivity index (χ1) is 11.9. The summed E-state index contributed by atoms with van der Waals surface area (Å²) in [6.07, 6.45) is 0. The summed E-state index contributed by atoms with van der Waals surface area (Å²) in [6, 6.07) is 12.5. The molecule has 0 N–H and O–H groups in total. The molecular weight excluding hydrogens is 381 g/mol. The van der Waals surface area contributed by atoms with Crippen LogP contribution in [-0.2, 0) is 0 Å². The van der Waals surface area contributed by atoms with E-state index in [1.165, 1.54) is 41.3 Å². The summed E-state index contributed by atoms with van der Waals surface area (Å²) in [5, 5.41) is 15.4. The van der Waals surface area contributed by atoms with Crippen molar-refractivity contribution in [2.24, 2.45) is 0 Å². The first-order valence-electron chi connectivity index (χ1n) is 7.21. The zero-order valence-corrected chi connectivity index (χ0v) is 15.4. The van der Waals surface area contributed by atoms with Crippen molar-refractivity contribution >= 4 is 41.0 Å². The Morgan fingerprint density at radius 1 is 1.32 bits per heavy atom. The van der Waals surface area contributed by atoms with E-state index < -0.39 is 4.92 Å². The molecule has 25 heavy (non-hydrogen) atoms. The van der Waals surface area contributed by atoms with Crippen LogP contribution in [0.25, 0.3) is 5.69 Å². The highest BCUT2D eigenvalue weighted by Gasteiger charge is 2.15. The van der Waals surface area contributed by atoms with Gasteiger partial charge in [-0.15, -0.1) is 5.10 Å². The number of halogens is 1. The highest BCUT2D eigenvalue weighted by molar-refractivity contribution is 8.01. The van der Waals surface area contributed by atoms with Crippen LogP contribution < -0.4 is 0 Å². The van der Waals surface area contributed by atoms with Crippen molar-refractivity contribution in [3.8, 4) is 5.69 Å². The third kappa shape index (κ3) is 4.12. The van der Waals surface area contributed by atoms with Gasteiger partial charge in [-0.25, -0.2) is 9.07 Å². The Labute approximate surface area is 156 Å². The number of hydrogen-bond donors (Lipinski definition) is 0. The number of hydrogen-bond acceptors (Lipinski definition) is 6. The molecule has 0 aliphatic carbocycles. The number of benzene rings is 2. The minimum Gasteiger partial charge on any atom is -0.258 e. The van der Waals surface area contributed by atoms with Crippen molar-refractivity contribution in [3.05, 3.63) is 74.0 Å². The van der Waals surface area contributed by atoms with Gasteiger partial charge in [-0.2, -0.15) is 0 Å². The SMILES string of the molecule is C[C@@H](Sc1nn(-c2ccc(F)cc2)c(=S)s1)c1cccc([N+](=O)[O-])c1. The number of nitro benzene ring substituents is 1. The standard InChI is InChI=1S/C16H12FN3O2S3/c1-10(11-3-2-4-14(9-11)20(21)22)24-15-18-19(16(23)25-15)13-7-5-12(17)6-8-13/h2-10H,1H3/t10-/m1/s1. The third-order valence-corrected chi connectivity index (χ3v) is 5.90. The molecular formula is C16H12FN3O2S3. The summed E-state index contributed by atoms with van der Waals surface area (Å²) in [4.78, 5) is 10.5. The molecule has 5 nitrogen and oxygen atoms in total. The quantitative estimate of drug-likeness (QED) is 0.246. The highest BCUT2D eigenvalue weighted by atomic mass is 32.2. The van der Waals surface area contributed by atoms with Crippen molar-refractivity contribution in [2.75, 3.05) is 0 Å². The van der Waals surface area contributed by atoms with Crippen LogP contribution >= 0.6 is 35.3 Å². The smallest absolute Gasteiger partial charge is 0.258 e. The van der Waals surface area contributed by atoms with Crippen LogP contribution in [0.3, 0.4) is 0 Å². The van der Waals surface area contributed by atoms with E-state index in [2.05, 4.69) is 5.10 Å². The van der Waals surface area contributed by atoms with E-state index in [1.54, 1.807) is 28.9 Å². The first-order valence-corrected chi connectivity index (χ1v) is 9.31. The van der Waals surface area contributed by atoms with Gasteiger partial charge in [-0.1, -0.05) is 35.2 Å². The zero-order chi connectivity index (χ0) is 18.0. The fourth-order valence-corrected chi connectivity index (χ4v) is 4.79. The Balaban J connectivity index is 1.83. The molecule has 3 rings (SSSR count). The minimum atomic E-state index is -0.409.